The molecule has 2 unspecified atom stereocenters. The van der Waals surface area contributed by atoms with E-state index >= 15 is 0 Å². The Kier molecular flexibility index (Phi) is 63.2. The monoisotopic (exact) mass is 1340 g/mol. The van der Waals surface area contributed by atoms with Gasteiger partial charge in [0, 0.05) is 25.7 Å². The second kappa shape index (κ2) is 65.9. The summed E-state index contributed by atoms with van der Waals surface area (Å²) in [6.45, 7) is 6.26. The molecule has 0 aliphatic rings. The van der Waals surface area contributed by atoms with Crippen LogP contribution in [-0.2, 0) is 65.4 Å². The minimum absolute atomic E-state index is 0.0755. The van der Waals surface area contributed by atoms with Crippen LogP contribution in [0.25, 0.3) is 0 Å². The molecule has 0 aromatic heterocycles. The molecule has 0 aromatic rings. The van der Waals surface area contributed by atoms with Gasteiger partial charge in [-0.05, 0) is 135 Å². The zero-order chi connectivity index (χ0) is 67.5. The molecule has 0 aliphatic carbocycles. The molecule has 19 heteroatoms. The molecule has 17 nitrogen and oxygen atoms in total. The molecule has 0 saturated carbocycles. The van der Waals surface area contributed by atoms with E-state index < -0.39 is 97.5 Å². The number of ether oxygens (including phenoxy) is 4. The van der Waals surface area contributed by atoms with Crippen molar-refractivity contribution in [3.8, 4) is 0 Å². The second-order valence-corrected chi connectivity index (χ2v) is 26.8. The Morgan fingerprint density at radius 2 is 0.587 bits per heavy atom. The summed E-state index contributed by atoms with van der Waals surface area (Å²) in [4.78, 5) is 72.4. The van der Waals surface area contributed by atoms with Gasteiger partial charge in [0.2, 0.25) is 0 Å². The van der Waals surface area contributed by atoms with Crippen LogP contribution in [0.15, 0.2) is 85.6 Å². The first kappa shape index (κ1) is 88.2. The molecule has 0 spiro atoms. The number of phosphoric ester groups is 2. The molecule has 532 valence electrons. The summed E-state index contributed by atoms with van der Waals surface area (Å²) in [6, 6.07) is 0. The maximum Gasteiger partial charge on any atom is 0.472 e. The lowest BCUT2D eigenvalue weighted by molar-refractivity contribution is -0.161. The van der Waals surface area contributed by atoms with Crippen LogP contribution >= 0.6 is 15.6 Å². The fraction of sp³-hybridized carbons (Fsp3) is 0.753. The molecular formula is C73H128O17P2. The average Bonchev–Trinajstić information content (AvgIpc) is 3.26. The summed E-state index contributed by atoms with van der Waals surface area (Å²) in [6.07, 6.45) is 63.6. The topological polar surface area (TPSA) is 237 Å². The van der Waals surface area contributed by atoms with Crippen LogP contribution in [0.3, 0.4) is 0 Å². The Morgan fingerprint density at radius 3 is 0.880 bits per heavy atom. The average molecular weight is 1340 g/mol. The molecule has 0 aromatic carbocycles. The fourth-order valence-corrected chi connectivity index (χ4v) is 11.0. The number of aliphatic hydroxyl groups excluding tert-OH is 1. The van der Waals surface area contributed by atoms with Crippen LogP contribution in [0.2, 0.25) is 0 Å². The van der Waals surface area contributed by atoms with Gasteiger partial charge in [-0.25, -0.2) is 9.13 Å². The fourth-order valence-electron chi connectivity index (χ4n) is 9.41. The van der Waals surface area contributed by atoms with E-state index in [0.717, 1.165) is 167 Å². The molecule has 0 heterocycles. The Balaban J connectivity index is 5.30. The summed E-state index contributed by atoms with van der Waals surface area (Å²) in [7, 11) is -9.94. The summed E-state index contributed by atoms with van der Waals surface area (Å²) in [5.74, 6) is -2.24. The standard InChI is InChI=1S/C73H128O17P2/c1-5-9-13-17-21-24-27-30-33-36-39-42-46-50-54-58-71(76)84-64-69(90-73(78)60-56-52-48-44-41-38-35-32-29-26-23-19-15-11-7-3)66-88-92(81,82)86-62-67(74)61-85-91(79,80)87-65-68(63-83-70(75)57-53-49-45-20-16-12-8-4)89-72(77)59-55-51-47-43-40-37-34-31-28-25-22-18-14-10-6-2/h8,21-26,30-35,67-69,74H,4-7,9-20,27-29,36-66H2,1-3H3,(H,79,80)(H,81,82)/b24-21-,25-22+,26-23-,33-30-,34-31-,35-32+/t67-,68+,69-/m1/s1. The lowest BCUT2D eigenvalue weighted by Crippen LogP contribution is -2.30. The highest BCUT2D eigenvalue weighted by molar-refractivity contribution is 7.47. The molecule has 0 aliphatic heterocycles. The number of allylic oxidation sites excluding steroid dienone is 13. The van der Waals surface area contributed by atoms with Crippen LogP contribution in [0.4, 0.5) is 0 Å². The lowest BCUT2D eigenvalue weighted by Gasteiger charge is -2.21. The number of carbonyl (C=O) groups is 4. The summed E-state index contributed by atoms with van der Waals surface area (Å²) in [5, 5.41) is 10.6. The summed E-state index contributed by atoms with van der Waals surface area (Å²) < 4.78 is 68.1. The van der Waals surface area contributed by atoms with Crippen molar-refractivity contribution in [1.82, 2.24) is 0 Å². The van der Waals surface area contributed by atoms with Crippen LogP contribution in [0.1, 0.15) is 297 Å². The zero-order valence-corrected chi connectivity index (χ0v) is 59.3. The highest BCUT2D eigenvalue weighted by Gasteiger charge is 2.30. The summed E-state index contributed by atoms with van der Waals surface area (Å²) in [5.41, 5.74) is 0. The van der Waals surface area contributed by atoms with Crippen LogP contribution < -0.4 is 0 Å². The van der Waals surface area contributed by atoms with Crippen molar-refractivity contribution < 1.29 is 80.2 Å². The number of unbranched alkanes of at least 4 members (excludes halogenated alkanes) is 29. The first-order valence-corrected chi connectivity index (χ1v) is 38.8. The van der Waals surface area contributed by atoms with E-state index in [4.69, 9.17) is 37.0 Å². The van der Waals surface area contributed by atoms with E-state index in [1.807, 2.05) is 6.08 Å². The SMILES string of the molecule is C=CCCCCCCCC(=O)OC[C@@H](COP(=O)(O)OC[C@@H](O)COP(=O)(O)OC[C@@H](COC(=O)CCCCCCC/C=C\C/C=C\CCCCC)OC(=O)CCCCCCC/C=C/C/C=C\CCCCC)OC(=O)CCCCCCC/C=C\C/C=C/CCCCC. The van der Waals surface area contributed by atoms with E-state index in [-0.39, 0.29) is 25.7 Å². The normalized spacial score (nSPS) is 14.4. The van der Waals surface area contributed by atoms with Gasteiger partial charge >= 0.3 is 39.5 Å². The highest BCUT2D eigenvalue weighted by Crippen LogP contribution is 2.45. The highest BCUT2D eigenvalue weighted by atomic mass is 31.2. The van der Waals surface area contributed by atoms with Gasteiger partial charge in [-0.15, -0.1) is 6.58 Å². The Labute approximate surface area is 557 Å². The second-order valence-electron chi connectivity index (χ2n) is 23.9. The first-order chi connectivity index (χ1) is 44.7. The van der Waals surface area contributed by atoms with E-state index in [0.29, 0.717) is 25.7 Å². The zero-order valence-electron chi connectivity index (χ0n) is 57.5. The Morgan fingerprint density at radius 1 is 0.337 bits per heavy atom. The smallest absolute Gasteiger partial charge is 0.462 e. The van der Waals surface area contributed by atoms with Crippen molar-refractivity contribution in [2.45, 2.75) is 315 Å². The van der Waals surface area contributed by atoms with Crippen molar-refractivity contribution in [1.29, 1.82) is 0 Å². The summed E-state index contributed by atoms with van der Waals surface area (Å²) >= 11 is 0. The van der Waals surface area contributed by atoms with Crippen molar-refractivity contribution >= 4 is 39.5 Å². The molecule has 0 bridgehead atoms. The van der Waals surface area contributed by atoms with Gasteiger partial charge in [0.05, 0.1) is 26.4 Å². The molecule has 0 fully saturated rings. The predicted octanol–water partition coefficient (Wildman–Crippen LogP) is 19.9. The third-order valence-corrected chi connectivity index (χ3v) is 16.8. The van der Waals surface area contributed by atoms with Gasteiger partial charge in [0.1, 0.15) is 19.3 Å². The molecule has 0 saturated heterocycles. The Hall–Kier alpha value is -3.76. The van der Waals surface area contributed by atoms with Gasteiger partial charge in [0.15, 0.2) is 12.2 Å². The number of rotatable bonds is 68. The first-order valence-electron chi connectivity index (χ1n) is 35.8. The van der Waals surface area contributed by atoms with Crippen LogP contribution in [0.5, 0.6) is 0 Å². The number of esters is 4. The maximum atomic E-state index is 13.0. The predicted molar refractivity (Wildman–Crippen MR) is 372 cm³/mol. The van der Waals surface area contributed by atoms with Crippen LogP contribution in [0, 0.1) is 0 Å². The molecule has 5 atom stereocenters. The minimum Gasteiger partial charge on any atom is -0.462 e. The quantitative estimate of drug-likeness (QED) is 0.0169. The third-order valence-electron chi connectivity index (χ3n) is 14.9. The van der Waals surface area contributed by atoms with E-state index in [1.165, 1.54) is 57.8 Å². The lowest BCUT2D eigenvalue weighted by atomic mass is 10.1. The van der Waals surface area contributed by atoms with E-state index in [9.17, 15) is 43.2 Å². The van der Waals surface area contributed by atoms with Crippen molar-refractivity contribution in [2.24, 2.45) is 0 Å². The van der Waals surface area contributed by atoms with Gasteiger partial charge in [-0.3, -0.25) is 37.3 Å². The number of aliphatic hydroxyl groups is 1. The van der Waals surface area contributed by atoms with Gasteiger partial charge in [-0.2, -0.15) is 0 Å². The van der Waals surface area contributed by atoms with E-state index in [1.54, 1.807) is 0 Å². The molecule has 92 heavy (non-hydrogen) atoms. The molecule has 0 rings (SSSR count). The molecule has 0 amide bonds. The molecular weight excluding hydrogens is 1210 g/mol. The van der Waals surface area contributed by atoms with Crippen molar-refractivity contribution in [3.63, 3.8) is 0 Å². The van der Waals surface area contributed by atoms with Crippen molar-refractivity contribution in [2.75, 3.05) is 39.6 Å². The van der Waals surface area contributed by atoms with Gasteiger partial charge in [-0.1, -0.05) is 215 Å². The minimum atomic E-state index is -4.97. The van der Waals surface area contributed by atoms with Crippen molar-refractivity contribution in [3.05, 3.63) is 85.6 Å². The largest absolute Gasteiger partial charge is 0.472 e. The number of carbonyl (C=O) groups excluding carboxylic acids is 4. The van der Waals surface area contributed by atoms with Gasteiger partial charge < -0.3 is 33.8 Å². The number of hydrogen-bond acceptors (Lipinski definition) is 15. The van der Waals surface area contributed by atoms with Crippen LogP contribution in [-0.4, -0.2) is 96.7 Å². The van der Waals surface area contributed by atoms with E-state index in [2.05, 4.69) is 100 Å². The number of phosphoric acid groups is 2. The third kappa shape index (κ3) is 64.9. The van der Waals surface area contributed by atoms with Gasteiger partial charge in [0.25, 0.3) is 0 Å². The molecule has 3 N–H and O–H groups in total. The maximum absolute atomic E-state index is 13.0. The molecule has 0 radical (unpaired) electrons. The number of hydrogen-bond donors (Lipinski definition) is 3. The Bertz CT molecular complexity index is 2070.